The molecule has 0 amide bonds. The molecular formula is C15H31N3O2. The van der Waals surface area contributed by atoms with Crippen LogP contribution in [0.4, 0.5) is 0 Å². The first-order valence-corrected chi connectivity index (χ1v) is 7.74. The molecule has 1 aliphatic carbocycles. The van der Waals surface area contributed by atoms with Crippen LogP contribution in [0.3, 0.4) is 0 Å². The average Bonchev–Trinajstić information content (AvgIpc) is 2.42. The third kappa shape index (κ3) is 4.72. The van der Waals surface area contributed by atoms with Crippen LogP contribution in [0.5, 0.6) is 0 Å². The number of nitrogens with zero attached hydrogens (tertiary/aromatic N) is 2. The van der Waals surface area contributed by atoms with Crippen molar-refractivity contribution in [2.75, 3.05) is 40.8 Å². The molecule has 0 spiro atoms. The third-order valence-corrected chi connectivity index (χ3v) is 4.37. The second-order valence-electron chi connectivity index (χ2n) is 6.35. The molecule has 0 aromatic carbocycles. The van der Waals surface area contributed by atoms with Gasteiger partial charge in [0.2, 0.25) is 0 Å². The Morgan fingerprint density at radius 3 is 2.60 bits per heavy atom. The van der Waals surface area contributed by atoms with Gasteiger partial charge in [0.15, 0.2) is 0 Å². The molecule has 1 saturated carbocycles. The molecule has 1 aliphatic rings. The Balaban J connectivity index is 2.64. The van der Waals surface area contributed by atoms with E-state index in [0.29, 0.717) is 12.5 Å². The summed E-state index contributed by atoms with van der Waals surface area (Å²) in [5.74, 6) is -0.684. The molecule has 5 nitrogen and oxygen atoms in total. The summed E-state index contributed by atoms with van der Waals surface area (Å²) in [5, 5.41) is 12.9. The van der Waals surface area contributed by atoms with E-state index in [1.165, 1.54) is 0 Å². The van der Waals surface area contributed by atoms with Gasteiger partial charge in [-0.25, -0.2) is 0 Å². The van der Waals surface area contributed by atoms with Crippen molar-refractivity contribution in [3.05, 3.63) is 0 Å². The van der Waals surface area contributed by atoms with Gasteiger partial charge in [-0.1, -0.05) is 6.92 Å². The smallest absolute Gasteiger partial charge is 0.323 e. The molecule has 20 heavy (non-hydrogen) atoms. The molecular weight excluding hydrogens is 254 g/mol. The molecule has 5 heteroatoms. The van der Waals surface area contributed by atoms with E-state index < -0.39 is 11.5 Å². The second-order valence-corrected chi connectivity index (χ2v) is 6.35. The highest BCUT2D eigenvalue weighted by Gasteiger charge is 2.43. The van der Waals surface area contributed by atoms with Crippen molar-refractivity contribution in [3.8, 4) is 0 Å². The summed E-state index contributed by atoms with van der Waals surface area (Å²) in [6.45, 7) is 4.85. The van der Waals surface area contributed by atoms with E-state index in [4.69, 9.17) is 0 Å². The largest absolute Gasteiger partial charge is 0.480 e. The van der Waals surface area contributed by atoms with Gasteiger partial charge in [-0.15, -0.1) is 0 Å². The molecule has 1 fully saturated rings. The SMILES string of the molecule is CCCNC1(C(=O)O)CCCC(N(C)CCN(C)C)C1. The number of carboxylic acids is 1. The van der Waals surface area contributed by atoms with Gasteiger partial charge < -0.3 is 20.2 Å². The third-order valence-electron chi connectivity index (χ3n) is 4.37. The Bertz CT molecular complexity index is 309. The number of rotatable bonds is 8. The lowest BCUT2D eigenvalue weighted by molar-refractivity contribution is -0.147. The van der Waals surface area contributed by atoms with Crippen molar-refractivity contribution in [3.63, 3.8) is 0 Å². The number of likely N-dealkylation sites (N-methyl/N-ethyl adjacent to an activating group) is 2. The lowest BCUT2D eigenvalue weighted by Gasteiger charge is -2.42. The van der Waals surface area contributed by atoms with Crippen LogP contribution < -0.4 is 5.32 Å². The summed E-state index contributed by atoms with van der Waals surface area (Å²) < 4.78 is 0. The van der Waals surface area contributed by atoms with Crippen LogP contribution >= 0.6 is 0 Å². The van der Waals surface area contributed by atoms with Gasteiger partial charge in [0, 0.05) is 19.1 Å². The van der Waals surface area contributed by atoms with Crippen molar-refractivity contribution in [2.24, 2.45) is 0 Å². The number of carboxylic acid groups (broad SMARTS) is 1. The topological polar surface area (TPSA) is 55.8 Å². The predicted octanol–water partition coefficient (Wildman–Crippen LogP) is 1.25. The number of nitrogens with one attached hydrogen (secondary N) is 1. The van der Waals surface area contributed by atoms with Crippen LogP contribution in [0.1, 0.15) is 39.0 Å². The van der Waals surface area contributed by atoms with E-state index in [-0.39, 0.29) is 0 Å². The van der Waals surface area contributed by atoms with E-state index >= 15 is 0 Å². The molecule has 0 bridgehead atoms. The maximum absolute atomic E-state index is 11.7. The Labute approximate surface area is 123 Å². The first-order chi connectivity index (χ1) is 9.41. The quantitative estimate of drug-likeness (QED) is 0.703. The maximum atomic E-state index is 11.7. The van der Waals surface area contributed by atoms with Crippen LogP contribution in [0.25, 0.3) is 0 Å². The van der Waals surface area contributed by atoms with Gasteiger partial charge in [-0.2, -0.15) is 0 Å². The fraction of sp³-hybridized carbons (Fsp3) is 0.933. The molecule has 0 aliphatic heterocycles. The maximum Gasteiger partial charge on any atom is 0.323 e. The van der Waals surface area contributed by atoms with E-state index in [0.717, 1.165) is 45.3 Å². The number of hydrogen-bond donors (Lipinski definition) is 2. The Hall–Kier alpha value is -0.650. The summed E-state index contributed by atoms with van der Waals surface area (Å²) in [7, 11) is 6.25. The monoisotopic (exact) mass is 285 g/mol. The highest BCUT2D eigenvalue weighted by molar-refractivity contribution is 5.79. The fourth-order valence-corrected chi connectivity index (χ4v) is 2.96. The van der Waals surface area contributed by atoms with Crippen molar-refractivity contribution in [1.29, 1.82) is 0 Å². The summed E-state index contributed by atoms with van der Waals surface area (Å²) in [4.78, 5) is 16.2. The van der Waals surface area contributed by atoms with Crippen LogP contribution in [-0.4, -0.2) is 73.2 Å². The average molecular weight is 285 g/mol. The summed E-state index contributed by atoms with van der Waals surface area (Å²) in [6.07, 6.45) is 4.52. The molecule has 0 aromatic heterocycles. The van der Waals surface area contributed by atoms with Crippen molar-refractivity contribution >= 4 is 5.97 Å². The Morgan fingerprint density at radius 2 is 2.05 bits per heavy atom. The van der Waals surface area contributed by atoms with Gasteiger partial charge in [0.25, 0.3) is 0 Å². The highest BCUT2D eigenvalue weighted by Crippen LogP contribution is 2.31. The zero-order chi connectivity index (χ0) is 15.2. The number of carbonyl (C=O) groups is 1. The summed E-state index contributed by atoms with van der Waals surface area (Å²) in [5.41, 5.74) is -0.717. The van der Waals surface area contributed by atoms with Gasteiger partial charge in [0.05, 0.1) is 0 Å². The lowest BCUT2D eigenvalue weighted by Crippen LogP contribution is -2.58. The molecule has 0 radical (unpaired) electrons. The number of hydrogen-bond acceptors (Lipinski definition) is 4. The van der Waals surface area contributed by atoms with Gasteiger partial charge in [0.1, 0.15) is 5.54 Å². The van der Waals surface area contributed by atoms with E-state index in [1.807, 2.05) is 0 Å². The lowest BCUT2D eigenvalue weighted by atomic mass is 9.78. The van der Waals surface area contributed by atoms with Crippen LogP contribution in [0.15, 0.2) is 0 Å². The highest BCUT2D eigenvalue weighted by atomic mass is 16.4. The molecule has 1 rings (SSSR count). The molecule has 0 heterocycles. The van der Waals surface area contributed by atoms with E-state index in [9.17, 15) is 9.90 Å². The minimum absolute atomic E-state index is 0.365. The fourth-order valence-electron chi connectivity index (χ4n) is 2.96. The van der Waals surface area contributed by atoms with Crippen molar-refractivity contribution in [2.45, 2.75) is 50.6 Å². The van der Waals surface area contributed by atoms with Crippen molar-refractivity contribution in [1.82, 2.24) is 15.1 Å². The van der Waals surface area contributed by atoms with Gasteiger partial charge >= 0.3 is 5.97 Å². The van der Waals surface area contributed by atoms with Gasteiger partial charge in [-0.05, 0) is 59.8 Å². The molecule has 2 unspecified atom stereocenters. The zero-order valence-electron chi connectivity index (χ0n) is 13.5. The standard InChI is InChI=1S/C15H31N3O2/c1-5-9-16-15(14(19)20)8-6-7-13(12-15)18(4)11-10-17(2)3/h13,16H,5-12H2,1-4H3,(H,19,20). The molecule has 0 aromatic rings. The first-order valence-electron chi connectivity index (χ1n) is 7.74. The van der Waals surface area contributed by atoms with E-state index in [1.54, 1.807) is 0 Å². The summed E-state index contributed by atoms with van der Waals surface area (Å²) in [6, 6.07) is 0.365. The van der Waals surface area contributed by atoms with Crippen molar-refractivity contribution < 1.29 is 9.90 Å². The van der Waals surface area contributed by atoms with E-state index in [2.05, 4.69) is 43.2 Å². The Kier molecular flexibility index (Phi) is 6.92. The normalized spacial score (nSPS) is 27.2. The zero-order valence-corrected chi connectivity index (χ0v) is 13.5. The first kappa shape index (κ1) is 17.4. The van der Waals surface area contributed by atoms with Gasteiger partial charge in [-0.3, -0.25) is 4.79 Å². The predicted molar refractivity (Wildman–Crippen MR) is 82.1 cm³/mol. The van der Waals surface area contributed by atoms with Crippen LogP contribution in [-0.2, 0) is 4.79 Å². The Morgan fingerprint density at radius 1 is 1.35 bits per heavy atom. The molecule has 2 atom stereocenters. The molecule has 0 saturated heterocycles. The number of aliphatic carboxylic acids is 1. The minimum atomic E-state index is -0.717. The summed E-state index contributed by atoms with van der Waals surface area (Å²) >= 11 is 0. The minimum Gasteiger partial charge on any atom is -0.480 e. The molecule has 2 N–H and O–H groups in total. The molecule has 118 valence electrons. The van der Waals surface area contributed by atoms with Crippen LogP contribution in [0.2, 0.25) is 0 Å². The van der Waals surface area contributed by atoms with Crippen LogP contribution in [0, 0.1) is 0 Å². The second kappa shape index (κ2) is 7.96.